The summed E-state index contributed by atoms with van der Waals surface area (Å²) in [6, 6.07) is 4.76. The number of anilines is 1. The molecule has 8 nitrogen and oxygen atoms in total. The first-order valence-electron chi connectivity index (χ1n) is 9.02. The highest BCUT2D eigenvalue weighted by Crippen LogP contribution is 2.21. The summed E-state index contributed by atoms with van der Waals surface area (Å²) in [6.45, 7) is 3.42. The lowest BCUT2D eigenvalue weighted by molar-refractivity contribution is 0.0599. The summed E-state index contributed by atoms with van der Waals surface area (Å²) in [5.41, 5.74) is 0.408. The van der Waals surface area contributed by atoms with Crippen LogP contribution in [0, 0.1) is 12.7 Å². The van der Waals surface area contributed by atoms with Crippen LogP contribution in [0.15, 0.2) is 33.8 Å². The Morgan fingerprint density at radius 2 is 2.31 bits per heavy atom. The van der Waals surface area contributed by atoms with Crippen LogP contribution >= 0.6 is 24.0 Å². The Kier molecular flexibility index (Phi) is 8.23. The van der Waals surface area contributed by atoms with Gasteiger partial charge >= 0.3 is 5.97 Å². The predicted octanol–water partition coefficient (Wildman–Crippen LogP) is 2.47. The van der Waals surface area contributed by atoms with Crippen molar-refractivity contribution in [1.29, 1.82) is 0 Å². The number of guanidine groups is 1. The van der Waals surface area contributed by atoms with E-state index in [1.165, 1.54) is 13.2 Å². The lowest BCUT2D eigenvalue weighted by atomic mass is 10.2. The van der Waals surface area contributed by atoms with Gasteiger partial charge in [0.1, 0.15) is 17.1 Å². The van der Waals surface area contributed by atoms with E-state index in [-0.39, 0.29) is 35.8 Å². The number of hydrogen-bond donors (Lipinski definition) is 2. The van der Waals surface area contributed by atoms with E-state index in [0.717, 1.165) is 6.42 Å². The molecule has 1 fully saturated rings. The molecule has 0 bridgehead atoms. The van der Waals surface area contributed by atoms with Crippen LogP contribution < -0.4 is 15.5 Å². The smallest absolute Gasteiger partial charge is 0.341 e. The van der Waals surface area contributed by atoms with Crippen molar-refractivity contribution in [2.45, 2.75) is 25.9 Å². The third-order valence-electron chi connectivity index (χ3n) is 4.60. The summed E-state index contributed by atoms with van der Waals surface area (Å²) in [5.74, 6) is 1.33. The SMILES string of the molecule is CN=C(NCc1cc(C(=O)OC)c(C)o1)NC1CCN(c2ncccc2F)C1.I. The van der Waals surface area contributed by atoms with Crippen molar-refractivity contribution in [3.8, 4) is 0 Å². The first-order chi connectivity index (χ1) is 13.5. The Hall–Kier alpha value is -2.37. The van der Waals surface area contributed by atoms with Gasteiger partial charge in [-0.1, -0.05) is 0 Å². The summed E-state index contributed by atoms with van der Waals surface area (Å²) in [6.07, 6.45) is 2.43. The van der Waals surface area contributed by atoms with Crippen LogP contribution in [0.25, 0.3) is 0 Å². The van der Waals surface area contributed by atoms with E-state index in [9.17, 15) is 9.18 Å². The number of pyridine rings is 1. The van der Waals surface area contributed by atoms with Crippen LogP contribution in [0.4, 0.5) is 10.2 Å². The number of aromatic nitrogens is 1. The van der Waals surface area contributed by atoms with E-state index >= 15 is 0 Å². The fourth-order valence-corrected chi connectivity index (χ4v) is 3.18. The second-order valence-corrected chi connectivity index (χ2v) is 6.48. The van der Waals surface area contributed by atoms with Gasteiger partial charge in [0.15, 0.2) is 17.6 Å². The lowest BCUT2D eigenvalue weighted by Gasteiger charge is -2.19. The maximum absolute atomic E-state index is 13.9. The molecule has 2 aromatic heterocycles. The second-order valence-electron chi connectivity index (χ2n) is 6.48. The molecule has 0 spiro atoms. The van der Waals surface area contributed by atoms with Crippen molar-refractivity contribution < 1.29 is 18.3 Å². The van der Waals surface area contributed by atoms with Crippen LogP contribution in [0.2, 0.25) is 0 Å². The minimum Gasteiger partial charge on any atom is -0.465 e. The highest BCUT2D eigenvalue weighted by Gasteiger charge is 2.26. The summed E-state index contributed by atoms with van der Waals surface area (Å²) in [5, 5.41) is 6.49. The molecule has 10 heteroatoms. The Morgan fingerprint density at radius 1 is 1.52 bits per heavy atom. The minimum atomic E-state index is -0.428. The molecule has 1 atom stereocenters. The summed E-state index contributed by atoms with van der Waals surface area (Å²) in [7, 11) is 3.01. The lowest BCUT2D eigenvalue weighted by Crippen LogP contribution is -2.44. The number of carbonyl (C=O) groups excluding carboxylic acids is 1. The summed E-state index contributed by atoms with van der Waals surface area (Å²) < 4.78 is 24.2. The number of ether oxygens (including phenoxy) is 1. The molecule has 0 amide bonds. The van der Waals surface area contributed by atoms with E-state index in [4.69, 9.17) is 9.15 Å². The molecule has 1 unspecified atom stereocenters. The number of methoxy groups -OCH3 is 1. The van der Waals surface area contributed by atoms with Gasteiger partial charge in [-0.15, -0.1) is 24.0 Å². The molecule has 1 aliphatic rings. The van der Waals surface area contributed by atoms with Crippen molar-refractivity contribution >= 4 is 41.7 Å². The van der Waals surface area contributed by atoms with Gasteiger partial charge in [0.05, 0.1) is 13.7 Å². The molecule has 3 rings (SSSR count). The molecule has 158 valence electrons. The van der Waals surface area contributed by atoms with E-state index in [1.54, 1.807) is 32.3 Å². The van der Waals surface area contributed by atoms with E-state index < -0.39 is 5.97 Å². The summed E-state index contributed by atoms with van der Waals surface area (Å²) >= 11 is 0. The molecule has 0 aromatic carbocycles. The van der Waals surface area contributed by atoms with E-state index in [1.807, 2.05) is 4.90 Å². The Labute approximate surface area is 185 Å². The van der Waals surface area contributed by atoms with Gasteiger partial charge in [-0.25, -0.2) is 14.2 Å². The van der Waals surface area contributed by atoms with Gasteiger partial charge in [-0.3, -0.25) is 4.99 Å². The fraction of sp³-hybridized carbons (Fsp3) is 0.421. The Bertz CT molecular complexity index is 873. The van der Waals surface area contributed by atoms with Gasteiger partial charge in [0.25, 0.3) is 0 Å². The van der Waals surface area contributed by atoms with Gasteiger partial charge in [0, 0.05) is 32.4 Å². The van der Waals surface area contributed by atoms with Gasteiger partial charge in [-0.2, -0.15) is 0 Å². The number of aliphatic imine (C=N–C) groups is 1. The number of nitrogens with zero attached hydrogens (tertiary/aromatic N) is 3. The summed E-state index contributed by atoms with van der Waals surface area (Å²) in [4.78, 5) is 21.9. The number of hydrogen-bond acceptors (Lipinski definition) is 6. The fourth-order valence-electron chi connectivity index (χ4n) is 3.18. The average Bonchev–Trinajstić information content (AvgIpc) is 3.31. The normalized spacial score (nSPS) is 16.3. The zero-order chi connectivity index (χ0) is 20.1. The molecule has 1 saturated heterocycles. The molecule has 2 N–H and O–H groups in total. The van der Waals surface area contributed by atoms with Crippen LogP contribution in [0.3, 0.4) is 0 Å². The Morgan fingerprint density at radius 3 is 3.00 bits per heavy atom. The van der Waals surface area contributed by atoms with Gasteiger partial charge < -0.3 is 24.7 Å². The maximum Gasteiger partial charge on any atom is 0.341 e. The highest BCUT2D eigenvalue weighted by molar-refractivity contribution is 14.0. The zero-order valence-corrected chi connectivity index (χ0v) is 18.9. The monoisotopic (exact) mass is 517 g/mol. The van der Waals surface area contributed by atoms with Crippen molar-refractivity contribution in [1.82, 2.24) is 15.6 Å². The quantitative estimate of drug-likeness (QED) is 0.273. The zero-order valence-electron chi connectivity index (χ0n) is 16.6. The topological polar surface area (TPSA) is 92.0 Å². The number of furan rings is 1. The predicted molar refractivity (Wildman–Crippen MR) is 118 cm³/mol. The number of nitrogens with one attached hydrogen (secondary N) is 2. The van der Waals surface area contributed by atoms with E-state index in [2.05, 4.69) is 20.6 Å². The van der Waals surface area contributed by atoms with Crippen LogP contribution in [0.1, 0.15) is 28.3 Å². The third kappa shape index (κ3) is 5.58. The minimum absolute atomic E-state index is 0. The molecule has 3 heterocycles. The van der Waals surface area contributed by atoms with Crippen LogP contribution in [-0.2, 0) is 11.3 Å². The number of esters is 1. The standard InChI is InChI=1S/C19H24FN5O3.HI/c1-12-15(18(26)27-3)9-14(28-12)10-23-19(21-2)24-13-6-8-25(11-13)17-16(20)5-4-7-22-17;/h4-5,7,9,13H,6,8,10-11H2,1-3H3,(H2,21,23,24);1H. The average molecular weight is 517 g/mol. The third-order valence-corrected chi connectivity index (χ3v) is 4.60. The van der Waals surface area contributed by atoms with Crippen molar-refractivity contribution in [3.05, 3.63) is 47.3 Å². The second kappa shape index (κ2) is 10.4. The largest absolute Gasteiger partial charge is 0.465 e. The van der Waals surface area contributed by atoms with Gasteiger partial charge in [0.2, 0.25) is 0 Å². The molecular formula is C19H25FIN5O3. The first kappa shape index (κ1) is 22.9. The maximum atomic E-state index is 13.9. The Balaban J connectivity index is 0.00000300. The van der Waals surface area contributed by atoms with Gasteiger partial charge in [-0.05, 0) is 31.5 Å². The molecular weight excluding hydrogens is 492 g/mol. The number of aryl methyl sites for hydroxylation is 1. The molecule has 0 aliphatic carbocycles. The van der Waals surface area contributed by atoms with Crippen molar-refractivity contribution in [2.75, 3.05) is 32.1 Å². The van der Waals surface area contributed by atoms with Crippen LogP contribution in [0.5, 0.6) is 0 Å². The molecule has 0 radical (unpaired) electrons. The molecule has 29 heavy (non-hydrogen) atoms. The van der Waals surface area contributed by atoms with E-state index in [0.29, 0.717) is 48.5 Å². The highest BCUT2D eigenvalue weighted by atomic mass is 127. The van der Waals surface area contributed by atoms with Crippen molar-refractivity contribution in [2.24, 2.45) is 4.99 Å². The number of carbonyl (C=O) groups is 1. The number of rotatable bonds is 5. The van der Waals surface area contributed by atoms with Crippen molar-refractivity contribution in [3.63, 3.8) is 0 Å². The number of halogens is 2. The van der Waals surface area contributed by atoms with Crippen LogP contribution in [-0.4, -0.2) is 50.2 Å². The molecule has 0 saturated carbocycles. The molecule has 2 aromatic rings. The first-order valence-corrected chi connectivity index (χ1v) is 9.02. The molecule has 1 aliphatic heterocycles.